The van der Waals surface area contributed by atoms with Crippen LogP contribution < -0.4 is 5.32 Å². The van der Waals surface area contributed by atoms with Crippen LogP contribution in [0.2, 0.25) is 0 Å². The maximum atomic E-state index is 12.7. The molecule has 0 unspecified atom stereocenters. The molecule has 0 spiro atoms. The summed E-state index contributed by atoms with van der Waals surface area (Å²) in [7, 11) is 0. The van der Waals surface area contributed by atoms with Crippen LogP contribution in [-0.4, -0.2) is 30.1 Å². The Kier molecular flexibility index (Phi) is 4.17. The molecule has 0 aromatic heterocycles. The zero-order chi connectivity index (χ0) is 13.1. The fourth-order valence-electron chi connectivity index (χ4n) is 1.25. The number of hydrogen-bond acceptors (Lipinski definition) is 2. The predicted octanol–water partition coefficient (Wildman–Crippen LogP) is 1.66. The standard InChI is InChI=1S/C12H15F2NO2/c1-8-3-4-10(5-9(8)2)11(17)15-6-12(13,14)7-16/h3-5,16H,6-7H2,1-2H3,(H,15,17). The SMILES string of the molecule is Cc1ccc(C(=O)NCC(F)(F)CO)cc1C. The van der Waals surface area contributed by atoms with E-state index in [2.05, 4.69) is 5.32 Å². The van der Waals surface area contributed by atoms with Crippen molar-refractivity contribution in [3.8, 4) is 0 Å². The molecule has 0 fully saturated rings. The summed E-state index contributed by atoms with van der Waals surface area (Å²) in [5.41, 5.74) is 2.29. The van der Waals surface area contributed by atoms with E-state index in [1.165, 1.54) is 0 Å². The number of aliphatic hydroxyl groups is 1. The molecule has 0 atom stereocenters. The van der Waals surface area contributed by atoms with Gasteiger partial charge in [0.25, 0.3) is 11.8 Å². The molecule has 0 saturated carbocycles. The van der Waals surface area contributed by atoms with Gasteiger partial charge in [-0.1, -0.05) is 6.07 Å². The molecule has 0 aliphatic carbocycles. The Hall–Kier alpha value is -1.49. The van der Waals surface area contributed by atoms with Crippen molar-refractivity contribution in [3.05, 3.63) is 34.9 Å². The summed E-state index contributed by atoms with van der Waals surface area (Å²) in [5.74, 6) is -3.85. The summed E-state index contributed by atoms with van der Waals surface area (Å²) < 4.78 is 25.4. The highest BCUT2D eigenvalue weighted by molar-refractivity contribution is 5.94. The molecule has 0 saturated heterocycles. The highest BCUT2D eigenvalue weighted by Gasteiger charge is 2.28. The molecule has 17 heavy (non-hydrogen) atoms. The number of carbonyl (C=O) groups is 1. The third-order valence-corrected chi connectivity index (χ3v) is 2.51. The second-order valence-electron chi connectivity index (χ2n) is 4.00. The topological polar surface area (TPSA) is 49.3 Å². The Morgan fingerprint density at radius 1 is 1.35 bits per heavy atom. The number of carbonyl (C=O) groups excluding carboxylic acids is 1. The number of aryl methyl sites for hydroxylation is 2. The fraction of sp³-hybridized carbons (Fsp3) is 0.417. The van der Waals surface area contributed by atoms with Crippen molar-refractivity contribution in [1.29, 1.82) is 0 Å². The van der Waals surface area contributed by atoms with Gasteiger partial charge >= 0.3 is 0 Å². The van der Waals surface area contributed by atoms with Gasteiger partial charge in [0.15, 0.2) is 0 Å². The van der Waals surface area contributed by atoms with E-state index in [4.69, 9.17) is 5.11 Å². The van der Waals surface area contributed by atoms with Crippen LogP contribution in [0.15, 0.2) is 18.2 Å². The Morgan fingerprint density at radius 3 is 2.53 bits per heavy atom. The van der Waals surface area contributed by atoms with Gasteiger partial charge < -0.3 is 10.4 Å². The summed E-state index contributed by atoms with van der Waals surface area (Å²) in [4.78, 5) is 11.5. The van der Waals surface area contributed by atoms with Crippen LogP contribution in [0, 0.1) is 13.8 Å². The highest BCUT2D eigenvalue weighted by atomic mass is 19.3. The molecule has 0 radical (unpaired) electrons. The Bertz CT molecular complexity index is 419. The predicted molar refractivity (Wildman–Crippen MR) is 60.3 cm³/mol. The molecule has 3 nitrogen and oxygen atoms in total. The number of nitrogens with one attached hydrogen (secondary N) is 1. The Labute approximate surface area is 98.5 Å². The van der Waals surface area contributed by atoms with E-state index in [9.17, 15) is 13.6 Å². The highest BCUT2D eigenvalue weighted by Crippen LogP contribution is 2.12. The second-order valence-corrected chi connectivity index (χ2v) is 4.00. The van der Waals surface area contributed by atoms with Crippen molar-refractivity contribution in [2.45, 2.75) is 19.8 Å². The maximum Gasteiger partial charge on any atom is 0.287 e. The number of rotatable bonds is 4. The number of aliphatic hydroxyl groups excluding tert-OH is 1. The molecule has 1 rings (SSSR count). The molecule has 0 aliphatic rings. The summed E-state index contributed by atoms with van der Waals surface area (Å²) in [6.07, 6.45) is 0. The quantitative estimate of drug-likeness (QED) is 0.845. The van der Waals surface area contributed by atoms with Gasteiger partial charge in [-0.15, -0.1) is 0 Å². The molecule has 0 bridgehead atoms. The van der Waals surface area contributed by atoms with E-state index < -0.39 is 25.0 Å². The lowest BCUT2D eigenvalue weighted by atomic mass is 10.1. The molecule has 94 valence electrons. The molecule has 2 N–H and O–H groups in total. The van der Waals surface area contributed by atoms with E-state index in [0.717, 1.165) is 11.1 Å². The lowest BCUT2D eigenvalue weighted by Gasteiger charge is -2.14. The number of amides is 1. The molecule has 0 heterocycles. The molecule has 1 aromatic rings. The van der Waals surface area contributed by atoms with Crippen molar-refractivity contribution in [3.63, 3.8) is 0 Å². The van der Waals surface area contributed by atoms with Gasteiger partial charge in [0, 0.05) is 5.56 Å². The summed E-state index contributed by atoms with van der Waals surface area (Å²) >= 11 is 0. The van der Waals surface area contributed by atoms with Gasteiger partial charge in [0.05, 0.1) is 6.54 Å². The number of benzene rings is 1. The summed E-state index contributed by atoms with van der Waals surface area (Å²) in [5, 5.41) is 10.4. The largest absolute Gasteiger partial charge is 0.390 e. The van der Waals surface area contributed by atoms with E-state index in [0.29, 0.717) is 5.56 Å². The molecule has 1 amide bonds. The maximum absolute atomic E-state index is 12.7. The van der Waals surface area contributed by atoms with Crippen molar-refractivity contribution < 1.29 is 18.7 Å². The van der Waals surface area contributed by atoms with Gasteiger partial charge in [-0.2, -0.15) is 0 Å². The first-order valence-electron chi connectivity index (χ1n) is 5.20. The van der Waals surface area contributed by atoms with E-state index in [1.807, 2.05) is 13.8 Å². The fourth-order valence-corrected chi connectivity index (χ4v) is 1.25. The van der Waals surface area contributed by atoms with E-state index in [-0.39, 0.29) is 0 Å². The second kappa shape index (κ2) is 5.23. The van der Waals surface area contributed by atoms with Gasteiger partial charge in [-0.3, -0.25) is 4.79 Å². The monoisotopic (exact) mass is 243 g/mol. The van der Waals surface area contributed by atoms with Crippen molar-refractivity contribution in [2.75, 3.05) is 13.2 Å². The van der Waals surface area contributed by atoms with E-state index >= 15 is 0 Å². The van der Waals surface area contributed by atoms with Crippen LogP contribution in [0.5, 0.6) is 0 Å². The zero-order valence-corrected chi connectivity index (χ0v) is 9.76. The molecule has 5 heteroatoms. The Morgan fingerprint density at radius 2 is 2.00 bits per heavy atom. The van der Waals surface area contributed by atoms with Crippen LogP contribution in [-0.2, 0) is 0 Å². The van der Waals surface area contributed by atoms with Gasteiger partial charge in [0.1, 0.15) is 6.61 Å². The van der Waals surface area contributed by atoms with Crippen LogP contribution >= 0.6 is 0 Å². The zero-order valence-electron chi connectivity index (χ0n) is 9.76. The van der Waals surface area contributed by atoms with E-state index in [1.54, 1.807) is 18.2 Å². The number of alkyl halides is 2. The first-order valence-corrected chi connectivity index (χ1v) is 5.20. The molecular weight excluding hydrogens is 228 g/mol. The van der Waals surface area contributed by atoms with Crippen molar-refractivity contribution in [1.82, 2.24) is 5.32 Å². The summed E-state index contributed by atoms with van der Waals surface area (Å²) in [6.45, 7) is 1.60. The normalized spacial score (nSPS) is 11.4. The van der Waals surface area contributed by atoms with Gasteiger partial charge in [0.2, 0.25) is 0 Å². The van der Waals surface area contributed by atoms with Crippen LogP contribution in [0.3, 0.4) is 0 Å². The number of halogens is 2. The lowest BCUT2D eigenvalue weighted by Crippen LogP contribution is -2.39. The minimum atomic E-state index is -3.28. The first-order chi connectivity index (χ1) is 7.85. The van der Waals surface area contributed by atoms with Crippen molar-refractivity contribution in [2.24, 2.45) is 0 Å². The van der Waals surface area contributed by atoms with Gasteiger partial charge in [-0.25, -0.2) is 8.78 Å². The minimum absolute atomic E-state index is 0.335. The number of hydrogen-bond donors (Lipinski definition) is 2. The molecule has 1 aromatic carbocycles. The van der Waals surface area contributed by atoms with Crippen molar-refractivity contribution >= 4 is 5.91 Å². The molecule has 0 aliphatic heterocycles. The Balaban J connectivity index is 2.68. The van der Waals surface area contributed by atoms with Gasteiger partial charge in [-0.05, 0) is 37.1 Å². The van der Waals surface area contributed by atoms with Crippen LogP contribution in [0.1, 0.15) is 21.5 Å². The third-order valence-electron chi connectivity index (χ3n) is 2.51. The summed E-state index contributed by atoms with van der Waals surface area (Å²) in [6, 6.07) is 4.98. The minimum Gasteiger partial charge on any atom is -0.390 e. The smallest absolute Gasteiger partial charge is 0.287 e. The first kappa shape index (κ1) is 13.6. The average Bonchev–Trinajstić information content (AvgIpc) is 2.30. The van der Waals surface area contributed by atoms with Crippen LogP contribution in [0.4, 0.5) is 8.78 Å². The van der Waals surface area contributed by atoms with Crippen LogP contribution in [0.25, 0.3) is 0 Å². The average molecular weight is 243 g/mol. The third kappa shape index (κ3) is 3.78. The lowest BCUT2D eigenvalue weighted by molar-refractivity contribution is -0.0462. The molecular formula is C12H15F2NO2.